The van der Waals surface area contributed by atoms with Gasteiger partial charge in [0.05, 0.1) is 10.9 Å². The molecule has 1 unspecified atom stereocenters. The van der Waals surface area contributed by atoms with Crippen LogP contribution in [0.4, 0.5) is 13.2 Å². The van der Waals surface area contributed by atoms with Crippen LogP contribution in [0.3, 0.4) is 0 Å². The topological polar surface area (TPSA) is 62.9 Å². The number of ether oxygens (including phenoxy) is 1. The van der Waals surface area contributed by atoms with E-state index in [-0.39, 0.29) is 34.6 Å². The minimum atomic E-state index is -5.00. The van der Waals surface area contributed by atoms with Gasteiger partial charge in [-0.15, -0.1) is 0 Å². The van der Waals surface area contributed by atoms with E-state index in [0.717, 1.165) is 25.9 Å². The molecule has 1 fully saturated rings. The number of aryl methyl sites for hydroxylation is 2. The van der Waals surface area contributed by atoms with Gasteiger partial charge >= 0.3 is 6.18 Å². The highest BCUT2D eigenvalue weighted by Crippen LogP contribution is 2.41. The van der Waals surface area contributed by atoms with Gasteiger partial charge in [-0.3, -0.25) is 9.69 Å². The van der Waals surface area contributed by atoms with E-state index in [1.54, 1.807) is 13.8 Å². The molecule has 182 valence electrons. The molecule has 34 heavy (non-hydrogen) atoms. The van der Waals surface area contributed by atoms with Crippen LogP contribution in [0.2, 0.25) is 5.02 Å². The summed E-state index contributed by atoms with van der Waals surface area (Å²) < 4.78 is 52.8. The van der Waals surface area contributed by atoms with Crippen molar-refractivity contribution in [3.05, 3.63) is 62.0 Å². The van der Waals surface area contributed by atoms with Crippen LogP contribution in [-0.2, 0) is 12.7 Å². The fraction of sp³-hybridized carbons (Fsp3) is 0.400. The monoisotopic (exact) mass is 495 g/mol. The van der Waals surface area contributed by atoms with Crippen molar-refractivity contribution in [2.24, 2.45) is 5.92 Å². The molecule has 1 aliphatic heterocycles. The zero-order valence-electron chi connectivity index (χ0n) is 19.1. The number of hydrogen-bond acceptors (Lipinski definition) is 5. The van der Waals surface area contributed by atoms with E-state index in [2.05, 4.69) is 6.92 Å². The number of phenols is 1. The maximum Gasteiger partial charge on any atom is 0.453 e. The number of fused-ring (bicyclic) bond motifs is 1. The normalized spacial score (nSPS) is 17.3. The van der Waals surface area contributed by atoms with E-state index < -0.39 is 23.1 Å². The Morgan fingerprint density at radius 1 is 1.24 bits per heavy atom. The quantitative estimate of drug-likeness (QED) is 0.430. The van der Waals surface area contributed by atoms with Crippen molar-refractivity contribution in [3.63, 3.8) is 0 Å². The van der Waals surface area contributed by atoms with Crippen LogP contribution in [0.15, 0.2) is 33.5 Å². The van der Waals surface area contributed by atoms with Crippen molar-refractivity contribution >= 4 is 22.6 Å². The Morgan fingerprint density at radius 2 is 1.91 bits per heavy atom. The van der Waals surface area contributed by atoms with Gasteiger partial charge in [0.2, 0.25) is 11.2 Å². The summed E-state index contributed by atoms with van der Waals surface area (Å²) in [6, 6.07) is 5.47. The van der Waals surface area contributed by atoms with Crippen molar-refractivity contribution in [3.8, 4) is 17.2 Å². The maximum atomic E-state index is 14.0. The first-order chi connectivity index (χ1) is 16.0. The van der Waals surface area contributed by atoms with Crippen LogP contribution in [0.1, 0.15) is 42.2 Å². The molecule has 0 bridgehead atoms. The highest BCUT2D eigenvalue weighted by Gasteiger charge is 2.41. The Labute approximate surface area is 199 Å². The molecule has 1 atom stereocenters. The third kappa shape index (κ3) is 4.74. The number of rotatable bonds is 4. The van der Waals surface area contributed by atoms with Crippen LogP contribution in [-0.4, -0.2) is 23.1 Å². The number of phenolic OH excluding ortho intramolecular Hbond substituents is 1. The molecular weight excluding hydrogens is 471 g/mol. The smallest absolute Gasteiger partial charge is 0.453 e. The second kappa shape index (κ2) is 9.15. The highest BCUT2D eigenvalue weighted by atomic mass is 35.5. The summed E-state index contributed by atoms with van der Waals surface area (Å²) >= 11 is 6.14. The Kier molecular flexibility index (Phi) is 6.57. The van der Waals surface area contributed by atoms with Crippen LogP contribution in [0, 0.1) is 19.8 Å². The fourth-order valence-corrected chi connectivity index (χ4v) is 4.56. The molecule has 2 aromatic carbocycles. The molecule has 1 aromatic heterocycles. The molecule has 0 aliphatic carbocycles. The number of likely N-dealkylation sites (tertiary alicyclic amines) is 1. The molecule has 0 spiro atoms. The third-order valence-corrected chi connectivity index (χ3v) is 6.70. The average molecular weight is 496 g/mol. The van der Waals surface area contributed by atoms with E-state index in [1.165, 1.54) is 24.3 Å². The van der Waals surface area contributed by atoms with Gasteiger partial charge < -0.3 is 14.3 Å². The van der Waals surface area contributed by atoms with Gasteiger partial charge in [0, 0.05) is 18.1 Å². The molecule has 1 aliphatic rings. The van der Waals surface area contributed by atoms with Gasteiger partial charge in [-0.1, -0.05) is 18.5 Å². The van der Waals surface area contributed by atoms with E-state index in [0.29, 0.717) is 22.1 Å². The standard InChI is InChI=1S/C25H25ClF3NO4/c1-13-5-4-8-30(11-13)12-18-19(31)7-6-17-21(32)23(24(25(27,28)29)34-22(17)18)33-16-9-14(2)20(26)15(3)10-16/h6-7,9-10,13,31H,4-5,8,11-12H2,1-3H3. The van der Waals surface area contributed by atoms with Gasteiger partial charge in [0.25, 0.3) is 5.76 Å². The summed E-state index contributed by atoms with van der Waals surface area (Å²) in [6.07, 6.45) is -2.99. The zero-order valence-corrected chi connectivity index (χ0v) is 19.8. The summed E-state index contributed by atoms with van der Waals surface area (Å²) in [5.41, 5.74) is 0.0918. The Bertz CT molecular complexity index is 1280. The van der Waals surface area contributed by atoms with Crippen LogP contribution in [0.5, 0.6) is 17.2 Å². The van der Waals surface area contributed by atoms with Crippen molar-refractivity contribution in [1.29, 1.82) is 0 Å². The Balaban J connectivity index is 1.87. The second-order valence-corrected chi connectivity index (χ2v) is 9.36. The number of nitrogens with zero attached hydrogens (tertiary/aromatic N) is 1. The summed E-state index contributed by atoms with van der Waals surface area (Å²) in [6.45, 7) is 7.12. The Hall–Kier alpha value is -2.71. The number of alkyl halides is 3. The average Bonchev–Trinajstić information content (AvgIpc) is 2.75. The van der Waals surface area contributed by atoms with E-state index >= 15 is 0 Å². The van der Waals surface area contributed by atoms with Crippen molar-refractivity contribution < 1.29 is 27.4 Å². The van der Waals surface area contributed by atoms with Crippen molar-refractivity contribution in [2.45, 2.75) is 46.3 Å². The SMILES string of the molecule is Cc1cc(Oc2c(C(F)(F)F)oc3c(CN4CCCC(C)C4)c(O)ccc3c2=O)cc(C)c1Cl. The number of halogens is 4. The van der Waals surface area contributed by atoms with Gasteiger partial charge in [-0.2, -0.15) is 13.2 Å². The fourth-order valence-electron chi connectivity index (χ4n) is 4.46. The molecule has 9 heteroatoms. The molecule has 0 saturated carbocycles. The summed E-state index contributed by atoms with van der Waals surface area (Å²) in [4.78, 5) is 15.3. The van der Waals surface area contributed by atoms with E-state index in [4.69, 9.17) is 20.8 Å². The minimum absolute atomic E-state index is 0.0397. The van der Waals surface area contributed by atoms with Crippen LogP contribution >= 0.6 is 11.6 Å². The molecule has 1 saturated heterocycles. The van der Waals surface area contributed by atoms with E-state index in [1.807, 2.05) is 4.90 Å². The number of benzene rings is 2. The largest absolute Gasteiger partial charge is 0.507 e. The van der Waals surface area contributed by atoms with E-state index in [9.17, 15) is 23.1 Å². The first-order valence-electron chi connectivity index (χ1n) is 11.0. The predicted molar refractivity (Wildman–Crippen MR) is 124 cm³/mol. The van der Waals surface area contributed by atoms with Crippen LogP contribution in [0.25, 0.3) is 11.0 Å². The zero-order chi connectivity index (χ0) is 24.8. The van der Waals surface area contributed by atoms with Gasteiger partial charge in [-0.25, -0.2) is 0 Å². The highest BCUT2D eigenvalue weighted by molar-refractivity contribution is 6.32. The number of hydrogen-bond donors (Lipinski definition) is 1. The van der Waals surface area contributed by atoms with Gasteiger partial charge in [0.15, 0.2) is 0 Å². The number of piperidine rings is 1. The first kappa shape index (κ1) is 24.4. The lowest BCUT2D eigenvalue weighted by Crippen LogP contribution is -2.33. The van der Waals surface area contributed by atoms with Crippen molar-refractivity contribution in [1.82, 2.24) is 4.90 Å². The molecule has 5 nitrogen and oxygen atoms in total. The van der Waals surface area contributed by atoms with Gasteiger partial charge in [-0.05, 0) is 74.5 Å². The summed E-state index contributed by atoms with van der Waals surface area (Å²) in [7, 11) is 0. The Morgan fingerprint density at radius 3 is 2.53 bits per heavy atom. The van der Waals surface area contributed by atoms with Crippen LogP contribution < -0.4 is 10.2 Å². The summed E-state index contributed by atoms with van der Waals surface area (Å²) in [5.74, 6) is -2.26. The maximum absolute atomic E-state index is 14.0. The second-order valence-electron chi connectivity index (χ2n) is 8.98. The van der Waals surface area contributed by atoms with Crippen molar-refractivity contribution in [2.75, 3.05) is 13.1 Å². The lowest BCUT2D eigenvalue weighted by Gasteiger charge is -2.31. The first-order valence-corrected chi connectivity index (χ1v) is 11.4. The lowest BCUT2D eigenvalue weighted by molar-refractivity contribution is -0.154. The summed E-state index contributed by atoms with van der Waals surface area (Å²) in [5, 5.41) is 10.8. The molecule has 1 N–H and O–H groups in total. The van der Waals surface area contributed by atoms with Gasteiger partial charge in [0.1, 0.15) is 17.1 Å². The molecule has 0 radical (unpaired) electrons. The third-order valence-electron chi connectivity index (χ3n) is 6.11. The minimum Gasteiger partial charge on any atom is -0.507 e. The molecule has 0 amide bonds. The molecule has 2 heterocycles. The molecule has 3 aromatic rings. The lowest BCUT2D eigenvalue weighted by atomic mass is 9.99. The molecular formula is C25H25ClF3NO4. The number of aromatic hydroxyl groups is 1. The predicted octanol–water partition coefficient (Wildman–Crippen LogP) is 6.81. The molecule has 4 rings (SSSR count).